The van der Waals surface area contributed by atoms with Gasteiger partial charge in [-0.15, -0.1) is 0 Å². The molecule has 2 aromatic carbocycles. The molecule has 0 spiro atoms. The fourth-order valence-corrected chi connectivity index (χ4v) is 4.68. The van der Waals surface area contributed by atoms with Crippen molar-refractivity contribution in [1.82, 2.24) is 15.0 Å². The van der Waals surface area contributed by atoms with E-state index < -0.39 is 5.97 Å². The number of aliphatic carboxylic acids is 1. The van der Waals surface area contributed by atoms with Gasteiger partial charge in [-0.2, -0.15) is 0 Å². The van der Waals surface area contributed by atoms with Gasteiger partial charge < -0.3 is 10.1 Å². The molecule has 0 fully saturated rings. The number of H-pyrrole nitrogens is 1. The van der Waals surface area contributed by atoms with E-state index in [1.165, 1.54) is 0 Å². The molecule has 6 heteroatoms. The molecule has 0 radical (unpaired) electrons. The summed E-state index contributed by atoms with van der Waals surface area (Å²) in [5, 5.41) is 11.0. The van der Waals surface area contributed by atoms with E-state index >= 15 is 0 Å². The van der Waals surface area contributed by atoms with Crippen LogP contribution in [0, 0.1) is 5.92 Å². The maximum absolute atomic E-state index is 11.9. The number of fused-ring (bicyclic) bond motifs is 1. The number of pyridine rings is 1. The minimum absolute atomic E-state index is 0.209. The second-order valence-corrected chi connectivity index (χ2v) is 8.24. The molecule has 2 atom stereocenters. The molecule has 5 nitrogen and oxygen atoms in total. The third-order valence-corrected chi connectivity index (χ3v) is 6.28. The van der Waals surface area contributed by atoms with Gasteiger partial charge in [0.1, 0.15) is 5.82 Å². The number of allylic oxidation sites excluding steroid dienone is 3. The number of benzene rings is 2. The van der Waals surface area contributed by atoms with Gasteiger partial charge >= 0.3 is 5.97 Å². The van der Waals surface area contributed by atoms with Crippen molar-refractivity contribution < 1.29 is 9.90 Å². The first-order valence-corrected chi connectivity index (χ1v) is 10.7. The first kappa shape index (κ1) is 20.2. The summed E-state index contributed by atoms with van der Waals surface area (Å²) in [4.78, 5) is 24.9. The van der Waals surface area contributed by atoms with Crippen LogP contribution < -0.4 is 0 Å². The van der Waals surface area contributed by atoms with Gasteiger partial charge in [0.05, 0.1) is 27.5 Å². The minimum Gasteiger partial charge on any atom is -0.478 e. The van der Waals surface area contributed by atoms with Crippen molar-refractivity contribution in [2.24, 2.45) is 5.92 Å². The fourth-order valence-electron chi connectivity index (χ4n) is 4.35. The van der Waals surface area contributed by atoms with Crippen molar-refractivity contribution in [1.29, 1.82) is 0 Å². The van der Waals surface area contributed by atoms with Crippen molar-refractivity contribution >= 4 is 28.5 Å². The molecule has 5 rings (SSSR count). The largest absolute Gasteiger partial charge is 0.478 e. The topological polar surface area (TPSA) is 78.9 Å². The maximum atomic E-state index is 11.9. The molecule has 158 valence electrons. The first-order valence-electron chi connectivity index (χ1n) is 10.3. The Kier molecular flexibility index (Phi) is 5.11. The highest BCUT2D eigenvalue weighted by atomic mass is 35.5. The fraction of sp³-hybridized carbons (Fsp3) is 0.115. The summed E-state index contributed by atoms with van der Waals surface area (Å²) in [6.07, 6.45) is 5.40. The van der Waals surface area contributed by atoms with Gasteiger partial charge in [0, 0.05) is 34.5 Å². The summed E-state index contributed by atoms with van der Waals surface area (Å²) in [6, 6.07) is 19.8. The van der Waals surface area contributed by atoms with Gasteiger partial charge in [0.2, 0.25) is 0 Å². The predicted molar refractivity (Wildman–Crippen MR) is 126 cm³/mol. The smallest absolute Gasteiger partial charge is 0.333 e. The number of nitrogens with zero attached hydrogens (tertiary/aromatic N) is 2. The number of imidazole rings is 1. The Morgan fingerprint density at radius 2 is 1.81 bits per heavy atom. The van der Waals surface area contributed by atoms with Gasteiger partial charge in [0.15, 0.2) is 0 Å². The van der Waals surface area contributed by atoms with E-state index in [0.29, 0.717) is 0 Å². The molecular formula is C26H20ClN3O2. The van der Waals surface area contributed by atoms with Crippen molar-refractivity contribution in [3.8, 4) is 22.6 Å². The van der Waals surface area contributed by atoms with Crippen LogP contribution >= 0.6 is 11.6 Å². The minimum atomic E-state index is -1.00. The zero-order chi connectivity index (χ0) is 22.2. The maximum Gasteiger partial charge on any atom is 0.333 e. The first-order chi connectivity index (χ1) is 15.5. The number of aromatic amines is 1. The number of carbonyl (C=O) groups is 1. The number of carboxylic acids is 1. The van der Waals surface area contributed by atoms with Crippen LogP contribution in [0.5, 0.6) is 0 Å². The van der Waals surface area contributed by atoms with Gasteiger partial charge in [-0.1, -0.05) is 73.1 Å². The molecule has 2 aromatic heterocycles. The van der Waals surface area contributed by atoms with E-state index in [9.17, 15) is 9.90 Å². The molecule has 1 aliphatic carbocycles. The second kappa shape index (κ2) is 8.09. The Bertz CT molecular complexity index is 1380. The second-order valence-electron chi connectivity index (χ2n) is 7.83. The third kappa shape index (κ3) is 3.41. The zero-order valence-corrected chi connectivity index (χ0v) is 18.0. The lowest BCUT2D eigenvalue weighted by atomic mass is 9.80. The molecule has 1 aliphatic rings. The van der Waals surface area contributed by atoms with Crippen LogP contribution in [0.2, 0.25) is 0 Å². The number of rotatable bonds is 4. The van der Waals surface area contributed by atoms with Crippen molar-refractivity contribution in [3.63, 3.8) is 0 Å². The van der Waals surface area contributed by atoms with Crippen LogP contribution in [0.3, 0.4) is 0 Å². The zero-order valence-electron chi connectivity index (χ0n) is 17.3. The predicted octanol–water partition coefficient (Wildman–Crippen LogP) is 6.16. The molecule has 0 bridgehead atoms. The third-order valence-electron chi connectivity index (χ3n) is 5.95. The normalized spacial score (nSPS) is 18.3. The van der Waals surface area contributed by atoms with Gasteiger partial charge in [-0.05, 0) is 18.2 Å². The standard InChI is InChI=1S/C26H20ClN3O2/c1-15-17(11-12-20(27)22(15)26(31)32)23-24(30-25(29-23)16-7-3-2-4-8-16)19-13-14-28-21-10-6-5-9-18(19)21/h2-15,17H,1H3,(H,29,30)(H,31,32). The lowest BCUT2D eigenvalue weighted by Crippen LogP contribution is -2.20. The highest BCUT2D eigenvalue weighted by Crippen LogP contribution is 2.42. The van der Waals surface area contributed by atoms with Crippen molar-refractivity contribution in [2.75, 3.05) is 0 Å². The lowest BCUT2D eigenvalue weighted by molar-refractivity contribution is -0.133. The van der Waals surface area contributed by atoms with E-state index in [1.54, 1.807) is 12.3 Å². The monoisotopic (exact) mass is 441 g/mol. The number of carboxylic acid groups (broad SMARTS) is 1. The Morgan fingerprint density at radius 1 is 1.06 bits per heavy atom. The van der Waals surface area contributed by atoms with Crippen LogP contribution in [0.15, 0.2) is 89.6 Å². The summed E-state index contributed by atoms with van der Waals surface area (Å²) in [5.41, 5.74) is 4.63. The van der Waals surface area contributed by atoms with Crippen molar-refractivity contribution in [3.05, 3.63) is 95.3 Å². The molecule has 32 heavy (non-hydrogen) atoms. The number of halogens is 1. The molecule has 2 unspecified atom stereocenters. The highest BCUT2D eigenvalue weighted by molar-refractivity contribution is 6.33. The number of hydrogen-bond acceptors (Lipinski definition) is 3. The Morgan fingerprint density at radius 3 is 2.59 bits per heavy atom. The van der Waals surface area contributed by atoms with Crippen LogP contribution in [0.4, 0.5) is 0 Å². The molecule has 0 saturated carbocycles. The van der Waals surface area contributed by atoms with Crippen LogP contribution in [0.25, 0.3) is 33.5 Å². The van der Waals surface area contributed by atoms with E-state index in [1.807, 2.05) is 73.7 Å². The highest BCUT2D eigenvalue weighted by Gasteiger charge is 2.33. The van der Waals surface area contributed by atoms with Crippen LogP contribution in [0.1, 0.15) is 18.5 Å². The summed E-state index contributed by atoms with van der Waals surface area (Å²) >= 11 is 6.24. The van der Waals surface area contributed by atoms with E-state index in [0.717, 1.165) is 39.2 Å². The van der Waals surface area contributed by atoms with Crippen LogP contribution in [-0.2, 0) is 4.79 Å². The summed E-state index contributed by atoms with van der Waals surface area (Å²) in [7, 11) is 0. The average molecular weight is 442 g/mol. The van der Waals surface area contributed by atoms with Gasteiger partial charge in [-0.25, -0.2) is 9.78 Å². The molecule has 4 aromatic rings. The molecule has 0 amide bonds. The van der Waals surface area contributed by atoms with Crippen molar-refractivity contribution in [2.45, 2.75) is 12.8 Å². The Hall–Kier alpha value is -3.70. The molecule has 0 aliphatic heterocycles. The van der Waals surface area contributed by atoms with Gasteiger partial charge in [-0.3, -0.25) is 4.98 Å². The molecular weight excluding hydrogens is 422 g/mol. The number of nitrogens with one attached hydrogen (secondary N) is 1. The van der Waals surface area contributed by atoms with Crippen LogP contribution in [-0.4, -0.2) is 26.0 Å². The number of para-hydroxylation sites is 1. The van der Waals surface area contributed by atoms with Gasteiger partial charge in [0.25, 0.3) is 0 Å². The molecule has 2 heterocycles. The SMILES string of the molecule is CC1C(C(=O)O)=C(Cl)C=CC1c1[nH]c(-c2ccccc2)nc1-c1ccnc2ccccc12. The molecule has 2 N–H and O–H groups in total. The Labute approximate surface area is 190 Å². The summed E-state index contributed by atoms with van der Waals surface area (Å²) in [5.74, 6) is -0.832. The summed E-state index contributed by atoms with van der Waals surface area (Å²) < 4.78 is 0. The van der Waals surface area contributed by atoms with E-state index in [-0.39, 0.29) is 22.4 Å². The molecule has 0 saturated heterocycles. The number of hydrogen-bond donors (Lipinski definition) is 2. The van der Waals surface area contributed by atoms with E-state index in [2.05, 4.69) is 9.97 Å². The average Bonchev–Trinajstić information content (AvgIpc) is 3.24. The lowest BCUT2D eigenvalue weighted by Gasteiger charge is -2.25. The quantitative estimate of drug-likeness (QED) is 0.397. The Balaban J connectivity index is 1.73. The summed E-state index contributed by atoms with van der Waals surface area (Å²) in [6.45, 7) is 1.89. The number of aromatic nitrogens is 3. The van der Waals surface area contributed by atoms with E-state index in [4.69, 9.17) is 16.6 Å².